The molecule has 0 atom stereocenters. The topological polar surface area (TPSA) is 38.9 Å². The predicted octanol–water partition coefficient (Wildman–Crippen LogP) is 2.86. The Kier molecular flexibility index (Phi) is 2.31. The van der Waals surface area contributed by atoms with Gasteiger partial charge in [0.05, 0.1) is 6.20 Å². The first kappa shape index (κ1) is 8.94. The van der Waals surface area contributed by atoms with E-state index in [0.717, 1.165) is 17.2 Å². The molecule has 2 heterocycles. The summed E-state index contributed by atoms with van der Waals surface area (Å²) in [6.45, 7) is 4.12. The van der Waals surface area contributed by atoms with E-state index in [9.17, 15) is 0 Å². The highest BCUT2D eigenvalue weighted by molar-refractivity contribution is 5.54. The van der Waals surface area contributed by atoms with Gasteiger partial charge < -0.3 is 4.42 Å². The second-order valence-electron chi connectivity index (χ2n) is 3.45. The van der Waals surface area contributed by atoms with Crippen molar-refractivity contribution in [2.45, 2.75) is 19.8 Å². The van der Waals surface area contributed by atoms with Gasteiger partial charge in [-0.2, -0.15) is 0 Å². The zero-order chi connectivity index (χ0) is 9.97. The quantitative estimate of drug-likeness (QED) is 0.727. The maximum Gasteiger partial charge on any atom is 0.197 e. The van der Waals surface area contributed by atoms with E-state index >= 15 is 0 Å². The molecule has 2 rings (SSSR count). The normalized spacial score (nSPS) is 10.8. The fraction of sp³-hybridized carbons (Fsp3) is 0.273. The summed E-state index contributed by atoms with van der Waals surface area (Å²) in [5, 5.41) is 0. The van der Waals surface area contributed by atoms with Crippen molar-refractivity contribution in [1.29, 1.82) is 0 Å². The Morgan fingerprint density at radius 1 is 1.21 bits per heavy atom. The molecule has 2 aromatic rings. The third-order valence-electron chi connectivity index (χ3n) is 1.98. The van der Waals surface area contributed by atoms with Gasteiger partial charge in [0.15, 0.2) is 11.7 Å². The summed E-state index contributed by atoms with van der Waals surface area (Å²) in [7, 11) is 0. The van der Waals surface area contributed by atoms with E-state index in [4.69, 9.17) is 4.42 Å². The lowest BCUT2D eigenvalue weighted by molar-refractivity contribution is 0.481. The van der Waals surface area contributed by atoms with Gasteiger partial charge in [0.2, 0.25) is 0 Å². The fourth-order valence-electron chi connectivity index (χ4n) is 1.20. The molecule has 0 amide bonds. The van der Waals surface area contributed by atoms with Crippen molar-refractivity contribution in [3.8, 4) is 11.3 Å². The Hall–Kier alpha value is -1.64. The molecule has 0 radical (unpaired) electrons. The average Bonchev–Trinajstić information content (AvgIpc) is 2.68. The van der Waals surface area contributed by atoms with Crippen LogP contribution in [-0.2, 0) is 0 Å². The standard InChI is InChI=1S/C11H12N2O/c1-8(2)11-13-7-10(14-11)9-3-5-12-6-4-9/h3-8H,1-2H3. The van der Waals surface area contributed by atoms with Crippen LogP contribution in [0.2, 0.25) is 0 Å². The summed E-state index contributed by atoms with van der Waals surface area (Å²) < 4.78 is 5.59. The number of hydrogen-bond acceptors (Lipinski definition) is 3. The van der Waals surface area contributed by atoms with Gasteiger partial charge in [-0.3, -0.25) is 4.98 Å². The molecule has 0 aliphatic rings. The lowest BCUT2D eigenvalue weighted by atomic mass is 10.2. The second-order valence-corrected chi connectivity index (χ2v) is 3.45. The average molecular weight is 188 g/mol. The first-order valence-electron chi connectivity index (χ1n) is 4.63. The minimum Gasteiger partial charge on any atom is -0.440 e. The monoisotopic (exact) mass is 188 g/mol. The second kappa shape index (κ2) is 3.62. The molecular weight excluding hydrogens is 176 g/mol. The molecule has 3 nitrogen and oxygen atoms in total. The number of aromatic nitrogens is 2. The molecule has 3 heteroatoms. The van der Waals surface area contributed by atoms with Gasteiger partial charge in [-0.05, 0) is 12.1 Å². The van der Waals surface area contributed by atoms with Crippen LogP contribution >= 0.6 is 0 Å². The zero-order valence-electron chi connectivity index (χ0n) is 8.27. The molecule has 0 saturated heterocycles. The van der Waals surface area contributed by atoms with Crippen molar-refractivity contribution >= 4 is 0 Å². The summed E-state index contributed by atoms with van der Waals surface area (Å²) in [6.07, 6.45) is 5.24. The molecule has 72 valence electrons. The highest BCUT2D eigenvalue weighted by Crippen LogP contribution is 2.22. The molecule has 0 unspecified atom stereocenters. The van der Waals surface area contributed by atoms with Gasteiger partial charge in [-0.1, -0.05) is 13.8 Å². The Morgan fingerprint density at radius 3 is 2.50 bits per heavy atom. The van der Waals surface area contributed by atoms with Crippen LogP contribution in [0.1, 0.15) is 25.7 Å². The van der Waals surface area contributed by atoms with Crippen LogP contribution in [0.15, 0.2) is 35.1 Å². The van der Waals surface area contributed by atoms with Crippen molar-refractivity contribution in [2.75, 3.05) is 0 Å². The van der Waals surface area contributed by atoms with E-state index in [1.54, 1.807) is 18.6 Å². The third-order valence-corrected chi connectivity index (χ3v) is 1.98. The number of nitrogens with zero attached hydrogens (tertiary/aromatic N) is 2. The van der Waals surface area contributed by atoms with Crippen LogP contribution in [0.5, 0.6) is 0 Å². The van der Waals surface area contributed by atoms with E-state index in [1.807, 2.05) is 12.1 Å². The molecule has 0 saturated carbocycles. The Labute approximate surface area is 82.8 Å². The van der Waals surface area contributed by atoms with E-state index < -0.39 is 0 Å². The molecule has 2 aromatic heterocycles. The molecule has 0 aliphatic heterocycles. The van der Waals surface area contributed by atoms with Crippen molar-refractivity contribution in [1.82, 2.24) is 9.97 Å². The van der Waals surface area contributed by atoms with E-state index in [1.165, 1.54) is 0 Å². The van der Waals surface area contributed by atoms with Gasteiger partial charge in [-0.25, -0.2) is 4.98 Å². The van der Waals surface area contributed by atoms with E-state index in [0.29, 0.717) is 5.92 Å². The summed E-state index contributed by atoms with van der Waals surface area (Å²) in [4.78, 5) is 8.16. The number of hydrogen-bond donors (Lipinski definition) is 0. The van der Waals surface area contributed by atoms with Crippen LogP contribution in [0.3, 0.4) is 0 Å². The lowest BCUT2D eigenvalue weighted by Crippen LogP contribution is -1.84. The van der Waals surface area contributed by atoms with Crippen molar-refractivity contribution in [2.24, 2.45) is 0 Å². The van der Waals surface area contributed by atoms with Crippen LogP contribution < -0.4 is 0 Å². The molecule has 0 N–H and O–H groups in total. The Bertz CT molecular complexity index is 406. The highest BCUT2D eigenvalue weighted by atomic mass is 16.4. The smallest absolute Gasteiger partial charge is 0.197 e. The number of oxazole rings is 1. The largest absolute Gasteiger partial charge is 0.440 e. The number of rotatable bonds is 2. The third kappa shape index (κ3) is 1.66. The number of pyridine rings is 1. The molecule has 14 heavy (non-hydrogen) atoms. The fourth-order valence-corrected chi connectivity index (χ4v) is 1.20. The van der Waals surface area contributed by atoms with Crippen molar-refractivity contribution in [3.05, 3.63) is 36.6 Å². The van der Waals surface area contributed by atoms with Crippen molar-refractivity contribution in [3.63, 3.8) is 0 Å². The molecule has 0 aromatic carbocycles. The summed E-state index contributed by atoms with van der Waals surface area (Å²) >= 11 is 0. The van der Waals surface area contributed by atoms with Gasteiger partial charge >= 0.3 is 0 Å². The molecule has 0 spiro atoms. The highest BCUT2D eigenvalue weighted by Gasteiger charge is 2.08. The van der Waals surface area contributed by atoms with Gasteiger partial charge in [0.25, 0.3) is 0 Å². The van der Waals surface area contributed by atoms with Crippen LogP contribution in [0, 0.1) is 0 Å². The summed E-state index contributed by atoms with van der Waals surface area (Å²) in [5.41, 5.74) is 1.01. The Morgan fingerprint density at radius 2 is 1.93 bits per heavy atom. The maximum absolute atomic E-state index is 5.59. The summed E-state index contributed by atoms with van der Waals surface area (Å²) in [5.74, 6) is 1.90. The molecule has 0 bridgehead atoms. The van der Waals surface area contributed by atoms with Crippen molar-refractivity contribution < 1.29 is 4.42 Å². The Balaban J connectivity index is 2.34. The van der Waals surface area contributed by atoms with Gasteiger partial charge in [0, 0.05) is 23.9 Å². The summed E-state index contributed by atoms with van der Waals surface area (Å²) in [6, 6.07) is 3.81. The lowest BCUT2D eigenvalue weighted by Gasteiger charge is -1.96. The molecular formula is C11H12N2O. The molecule has 0 aliphatic carbocycles. The minimum atomic E-state index is 0.325. The maximum atomic E-state index is 5.59. The van der Waals surface area contributed by atoms with Crippen LogP contribution in [-0.4, -0.2) is 9.97 Å². The van der Waals surface area contributed by atoms with Gasteiger partial charge in [0.1, 0.15) is 0 Å². The minimum absolute atomic E-state index is 0.325. The van der Waals surface area contributed by atoms with Crippen LogP contribution in [0.25, 0.3) is 11.3 Å². The molecule has 0 fully saturated rings. The first-order valence-corrected chi connectivity index (χ1v) is 4.63. The predicted molar refractivity (Wildman–Crippen MR) is 53.8 cm³/mol. The first-order chi connectivity index (χ1) is 6.77. The van der Waals surface area contributed by atoms with Crippen LogP contribution in [0.4, 0.5) is 0 Å². The SMILES string of the molecule is CC(C)c1ncc(-c2ccncc2)o1. The van der Waals surface area contributed by atoms with Gasteiger partial charge in [-0.15, -0.1) is 0 Å². The van der Waals surface area contributed by atoms with E-state index in [2.05, 4.69) is 23.8 Å². The zero-order valence-corrected chi connectivity index (χ0v) is 8.27. The van der Waals surface area contributed by atoms with E-state index in [-0.39, 0.29) is 0 Å².